The number of nitrogens with zero attached hydrogens (tertiary/aromatic N) is 1. The van der Waals surface area contributed by atoms with Crippen molar-refractivity contribution >= 4 is 38.9 Å². The molecule has 3 rings (SSSR count). The molecule has 0 radical (unpaired) electrons. The smallest absolute Gasteiger partial charge is 0.257 e. The average molecular weight is 504 g/mol. The van der Waals surface area contributed by atoms with Crippen LogP contribution in [0.1, 0.15) is 62.2 Å². The molecule has 1 aliphatic carbocycles. The molecule has 0 bridgehead atoms. The SMILES string of the molecule is CCCCOc1cccc(C(=O)NC(=S)Nc2ccc(S(=O)(=O)N(C)C3CCCCC3)cc2)c1. The Kier molecular flexibility index (Phi) is 9.44. The van der Waals surface area contributed by atoms with Gasteiger partial charge < -0.3 is 10.1 Å². The summed E-state index contributed by atoms with van der Waals surface area (Å²) in [6.45, 7) is 2.69. The molecule has 2 aromatic rings. The number of thiocarbonyl (C=S) groups is 1. The molecule has 0 atom stereocenters. The summed E-state index contributed by atoms with van der Waals surface area (Å²) in [5, 5.41) is 5.70. The van der Waals surface area contributed by atoms with Crippen molar-refractivity contribution < 1.29 is 17.9 Å². The monoisotopic (exact) mass is 503 g/mol. The van der Waals surface area contributed by atoms with E-state index in [1.54, 1.807) is 49.5 Å². The first-order valence-corrected chi connectivity index (χ1v) is 13.6. The fourth-order valence-corrected chi connectivity index (χ4v) is 5.54. The lowest BCUT2D eigenvalue weighted by Gasteiger charge is -2.30. The normalized spacial score (nSPS) is 14.6. The van der Waals surface area contributed by atoms with Crippen molar-refractivity contribution in [2.75, 3.05) is 19.0 Å². The lowest BCUT2D eigenvalue weighted by Crippen LogP contribution is -2.38. The average Bonchev–Trinajstić information content (AvgIpc) is 2.84. The summed E-state index contributed by atoms with van der Waals surface area (Å²) in [6.07, 6.45) is 7.07. The second kappa shape index (κ2) is 12.3. The van der Waals surface area contributed by atoms with E-state index >= 15 is 0 Å². The molecule has 1 fully saturated rings. The van der Waals surface area contributed by atoms with Gasteiger partial charge in [0.05, 0.1) is 11.5 Å². The summed E-state index contributed by atoms with van der Waals surface area (Å²) in [5.41, 5.74) is 1.02. The van der Waals surface area contributed by atoms with E-state index < -0.39 is 10.0 Å². The number of hydrogen-bond acceptors (Lipinski definition) is 5. The number of carbonyl (C=O) groups excluding carboxylic acids is 1. The van der Waals surface area contributed by atoms with Crippen LogP contribution in [-0.4, -0.2) is 43.4 Å². The number of carbonyl (C=O) groups is 1. The molecule has 0 saturated heterocycles. The van der Waals surface area contributed by atoms with E-state index in [4.69, 9.17) is 17.0 Å². The van der Waals surface area contributed by atoms with Crippen LogP contribution < -0.4 is 15.4 Å². The van der Waals surface area contributed by atoms with E-state index in [0.29, 0.717) is 23.6 Å². The van der Waals surface area contributed by atoms with Crippen molar-refractivity contribution in [3.63, 3.8) is 0 Å². The fraction of sp³-hybridized carbons (Fsp3) is 0.440. The predicted molar refractivity (Wildman–Crippen MR) is 139 cm³/mol. The van der Waals surface area contributed by atoms with Crippen molar-refractivity contribution in [3.8, 4) is 5.75 Å². The Labute approximate surface area is 207 Å². The first kappa shape index (κ1) is 26.1. The second-order valence-corrected chi connectivity index (χ2v) is 10.9. The van der Waals surface area contributed by atoms with Gasteiger partial charge in [-0.3, -0.25) is 10.1 Å². The first-order valence-electron chi connectivity index (χ1n) is 11.7. The topological polar surface area (TPSA) is 87.7 Å². The second-order valence-electron chi connectivity index (χ2n) is 8.48. The van der Waals surface area contributed by atoms with Gasteiger partial charge in [-0.15, -0.1) is 0 Å². The number of nitrogens with one attached hydrogen (secondary N) is 2. The lowest BCUT2D eigenvalue weighted by molar-refractivity contribution is 0.0977. The molecule has 2 aromatic carbocycles. The van der Waals surface area contributed by atoms with Crippen LogP contribution in [0, 0.1) is 0 Å². The number of anilines is 1. The highest BCUT2D eigenvalue weighted by Crippen LogP contribution is 2.27. The highest BCUT2D eigenvalue weighted by Gasteiger charge is 2.28. The maximum Gasteiger partial charge on any atom is 0.257 e. The molecule has 34 heavy (non-hydrogen) atoms. The summed E-state index contributed by atoms with van der Waals surface area (Å²) < 4.78 is 33.1. The standard InChI is InChI=1S/C25H33N3O4S2/c1-3-4-17-32-22-12-8-9-19(18-22)24(29)27-25(33)26-20-13-15-23(16-14-20)34(30,31)28(2)21-10-6-5-7-11-21/h8-9,12-16,18,21H,3-7,10-11,17H2,1-2H3,(H2,26,27,29,33). The number of sulfonamides is 1. The molecule has 0 unspecified atom stereocenters. The minimum absolute atomic E-state index is 0.0508. The van der Waals surface area contributed by atoms with Gasteiger partial charge >= 0.3 is 0 Å². The number of rotatable bonds is 9. The van der Waals surface area contributed by atoms with Crippen LogP contribution in [0.5, 0.6) is 5.75 Å². The number of ether oxygens (including phenoxy) is 1. The molecule has 2 N–H and O–H groups in total. The summed E-state index contributed by atoms with van der Waals surface area (Å²) in [7, 11) is -1.90. The Bertz CT molecular complexity index is 1080. The highest BCUT2D eigenvalue weighted by molar-refractivity contribution is 7.89. The zero-order chi connectivity index (χ0) is 24.6. The van der Waals surface area contributed by atoms with Gasteiger partial charge in [-0.2, -0.15) is 4.31 Å². The third-order valence-corrected chi connectivity index (χ3v) is 8.10. The zero-order valence-corrected chi connectivity index (χ0v) is 21.4. The summed E-state index contributed by atoms with van der Waals surface area (Å²) >= 11 is 5.26. The van der Waals surface area contributed by atoms with Gasteiger partial charge in [0.2, 0.25) is 10.0 Å². The molecule has 1 aliphatic rings. The molecule has 9 heteroatoms. The van der Waals surface area contributed by atoms with Crippen molar-refractivity contribution in [1.82, 2.24) is 9.62 Å². The molecule has 0 aromatic heterocycles. The van der Waals surface area contributed by atoms with Gasteiger partial charge in [0.15, 0.2) is 5.11 Å². The molecule has 1 amide bonds. The van der Waals surface area contributed by atoms with E-state index in [1.165, 1.54) is 10.7 Å². The molecule has 7 nitrogen and oxygen atoms in total. The van der Waals surface area contributed by atoms with Crippen LogP contribution in [0.4, 0.5) is 5.69 Å². The summed E-state index contributed by atoms with van der Waals surface area (Å²) in [5.74, 6) is 0.279. The third-order valence-electron chi connectivity index (χ3n) is 5.97. The van der Waals surface area contributed by atoms with Crippen molar-refractivity contribution in [1.29, 1.82) is 0 Å². The Hall–Kier alpha value is -2.49. The maximum atomic E-state index is 13.0. The van der Waals surface area contributed by atoms with Crippen LogP contribution in [0.3, 0.4) is 0 Å². The molecule has 0 spiro atoms. The highest BCUT2D eigenvalue weighted by atomic mass is 32.2. The molecule has 0 heterocycles. The van der Waals surface area contributed by atoms with Crippen LogP contribution >= 0.6 is 12.2 Å². The number of hydrogen-bond donors (Lipinski definition) is 2. The predicted octanol–water partition coefficient (Wildman–Crippen LogP) is 4.95. The molecule has 1 saturated carbocycles. The molecular formula is C25H33N3O4S2. The van der Waals surface area contributed by atoms with Crippen LogP contribution in [-0.2, 0) is 10.0 Å². The van der Waals surface area contributed by atoms with E-state index in [2.05, 4.69) is 17.6 Å². The molecule has 184 valence electrons. The van der Waals surface area contributed by atoms with Gasteiger partial charge in [-0.05, 0) is 73.9 Å². The summed E-state index contributed by atoms with van der Waals surface area (Å²) in [4.78, 5) is 12.8. The van der Waals surface area contributed by atoms with Crippen molar-refractivity contribution in [2.24, 2.45) is 0 Å². The minimum Gasteiger partial charge on any atom is -0.494 e. The van der Waals surface area contributed by atoms with E-state index in [0.717, 1.165) is 38.5 Å². The Morgan fingerprint density at radius 3 is 2.50 bits per heavy atom. The van der Waals surface area contributed by atoms with Crippen LogP contribution in [0.2, 0.25) is 0 Å². The molecular weight excluding hydrogens is 470 g/mol. The van der Waals surface area contributed by atoms with Crippen LogP contribution in [0.15, 0.2) is 53.4 Å². The number of benzene rings is 2. The van der Waals surface area contributed by atoms with Gasteiger partial charge in [-0.1, -0.05) is 38.7 Å². The van der Waals surface area contributed by atoms with Crippen molar-refractivity contribution in [3.05, 3.63) is 54.1 Å². The number of amides is 1. The summed E-state index contributed by atoms with van der Waals surface area (Å²) in [6, 6.07) is 13.4. The zero-order valence-electron chi connectivity index (χ0n) is 19.7. The van der Waals surface area contributed by atoms with Crippen LogP contribution in [0.25, 0.3) is 0 Å². The fourth-order valence-electron chi connectivity index (χ4n) is 3.92. The van der Waals surface area contributed by atoms with Gasteiger partial charge in [0.1, 0.15) is 5.75 Å². The quantitative estimate of drug-likeness (QED) is 0.372. The van der Waals surface area contributed by atoms with Gasteiger partial charge in [0.25, 0.3) is 5.91 Å². The Balaban J connectivity index is 1.57. The van der Waals surface area contributed by atoms with Gasteiger partial charge in [-0.25, -0.2) is 8.42 Å². The van der Waals surface area contributed by atoms with E-state index in [1.807, 2.05) is 6.07 Å². The third kappa shape index (κ3) is 7.01. The van der Waals surface area contributed by atoms with Gasteiger partial charge in [0, 0.05) is 24.3 Å². The Morgan fingerprint density at radius 2 is 1.82 bits per heavy atom. The largest absolute Gasteiger partial charge is 0.494 e. The van der Waals surface area contributed by atoms with E-state index in [9.17, 15) is 13.2 Å². The lowest BCUT2D eigenvalue weighted by atomic mass is 9.96. The Morgan fingerprint density at radius 1 is 1.12 bits per heavy atom. The first-order chi connectivity index (χ1) is 16.3. The minimum atomic E-state index is -3.56. The van der Waals surface area contributed by atoms with Crippen molar-refractivity contribution in [2.45, 2.75) is 62.8 Å². The van der Waals surface area contributed by atoms with E-state index in [-0.39, 0.29) is 22.0 Å². The molecule has 0 aliphatic heterocycles. The number of unbranched alkanes of at least 4 members (excludes halogenated alkanes) is 1. The maximum absolute atomic E-state index is 13.0.